The molecule has 1 aliphatic rings. The standard InChI is InChI=1S/C25H32ClN3O2/c1-4-29(5-2)15-19(30)16-31-20-9-6-17(7-10-20)25-24-21(12-13-28(25)3)22-14-18(26)8-11-23(22)27-24/h6-11,14,19,25,27,30H,4-5,12-13,15-16H2,1-3H3. The number of likely N-dealkylation sites (N-methyl/N-ethyl adjacent to an activating group) is 2. The van der Waals surface area contributed by atoms with Crippen molar-refractivity contribution in [1.82, 2.24) is 14.8 Å². The molecule has 2 heterocycles. The first-order chi connectivity index (χ1) is 15.0. The van der Waals surface area contributed by atoms with Crippen LogP contribution < -0.4 is 4.74 Å². The number of H-pyrrole nitrogens is 1. The summed E-state index contributed by atoms with van der Waals surface area (Å²) in [4.78, 5) is 8.21. The lowest BCUT2D eigenvalue weighted by Crippen LogP contribution is -2.35. The summed E-state index contributed by atoms with van der Waals surface area (Å²) >= 11 is 6.26. The topological polar surface area (TPSA) is 51.7 Å². The highest BCUT2D eigenvalue weighted by Crippen LogP contribution is 2.38. The Morgan fingerprint density at radius 1 is 1.19 bits per heavy atom. The molecule has 2 aromatic carbocycles. The van der Waals surface area contributed by atoms with E-state index >= 15 is 0 Å². The van der Waals surface area contributed by atoms with Crippen molar-refractivity contribution in [3.8, 4) is 5.75 Å². The van der Waals surface area contributed by atoms with E-state index in [1.165, 1.54) is 22.2 Å². The van der Waals surface area contributed by atoms with Gasteiger partial charge in [-0.3, -0.25) is 4.90 Å². The van der Waals surface area contributed by atoms with Gasteiger partial charge in [0.05, 0.1) is 6.04 Å². The Labute approximate surface area is 189 Å². The number of rotatable bonds is 8. The molecule has 1 aromatic heterocycles. The number of ether oxygens (including phenoxy) is 1. The van der Waals surface area contributed by atoms with Gasteiger partial charge in [0.2, 0.25) is 0 Å². The van der Waals surface area contributed by atoms with E-state index in [1.54, 1.807) is 0 Å². The summed E-state index contributed by atoms with van der Waals surface area (Å²) in [6, 6.07) is 14.5. The summed E-state index contributed by atoms with van der Waals surface area (Å²) in [7, 11) is 2.17. The van der Waals surface area contributed by atoms with E-state index in [0.29, 0.717) is 13.2 Å². The predicted octanol–water partition coefficient (Wildman–Crippen LogP) is 4.48. The lowest BCUT2D eigenvalue weighted by molar-refractivity contribution is 0.0716. The van der Waals surface area contributed by atoms with E-state index in [4.69, 9.17) is 16.3 Å². The minimum atomic E-state index is -0.496. The Hall–Kier alpha value is -2.05. The van der Waals surface area contributed by atoms with Gasteiger partial charge < -0.3 is 19.7 Å². The van der Waals surface area contributed by atoms with Crippen LogP contribution in [0, 0.1) is 0 Å². The van der Waals surface area contributed by atoms with E-state index in [2.05, 4.69) is 59.9 Å². The highest BCUT2D eigenvalue weighted by Gasteiger charge is 2.29. The van der Waals surface area contributed by atoms with Gasteiger partial charge in [0.15, 0.2) is 0 Å². The smallest absolute Gasteiger partial charge is 0.119 e. The maximum Gasteiger partial charge on any atom is 0.119 e. The molecule has 3 aromatic rings. The van der Waals surface area contributed by atoms with Gasteiger partial charge in [-0.05, 0) is 68.0 Å². The quantitative estimate of drug-likeness (QED) is 0.541. The number of nitrogens with zero attached hydrogens (tertiary/aromatic N) is 2. The molecule has 5 nitrogen and oxygen atoms in total. The average molecular weight is 442 g/mol. The summed E-state index contributed by atoms with van der Waals surface area (Å²) in [6.07, 6.45) is 0.513. The van der Waals surface area contributed by atoms with Crippen LogP contribution in [-0.4, -0.2) is 65.8 Å². The van der Waals surface area contributed by atoms with Crippen LogP contribution in [0.3, 0.4) is 0 Å². The van der Waals surface area contributed by atoms with Crippen molar-refractivity contribution < 1.29 is 9.84 Å². The van der Waals surface area contributed by atoms with Crippen molar-refractivity contribution in [2.45, 2.75) is 32.4 Å². The first-order valence-electron chi connectivity index (χ1n) is 11.1. The molecule has 0 bridgehead atoms. The van der Waals surface area contributed by atoms with E-state index in [-0.39, 0.29) is 6.04 Å². The second-order valence-electron chi connectivity index (χ2n) is 8.36. The molecule has 0 radical (unpaired) electrons. The molecule has 4 rings (SSSR count). The molecule has 2 N–H and O–H groups in total. The van der Waals surface area contributed by atoms with Gasteiger partial charge in [-0.2, -0.15) is 0 Å². The molecule has 0 amide bonds. The van der Waals surface area contributed by atoms with Crippen LogP contribution in [0.1, 0.15) is 36.7 Å². The van der Waals surface area contributed by atoms with Gasteiger partial charge in [-0.1, -0.05) is 37.6 Å². The molecular weight excluding hydrogens is 410 g/mol. The van der Waals surface area contributed by atoms with Crippen LogP contribution in [-0.2, 0) is 6.42 Å². The number of aliphatic hydroxyl groups excluding tert-OH is 1. The Balaban J connectivity index is 1.50. The maximum absolute atomic E-state index is 10.2. The summed E-state index contributed by atoms with van der Waals surface area (Å²) in [5.74, 6) is 0.782. The van der Waals surface area contributed by atoms with Crippen molar-refractivity contribution in [2.75, 3.05) is 39.8 Å². The lowest BCUT2D eigenvalue weighted by Gasteiger charge is -2.33. The number of aromatic amines is 1. The van der Waals surface area contributed by atoms with Crippen LogP contribution in [0.5, 0.6) is 5.75 Å². The molecule has 166 valence electrons. The van der Waals surface area contributed by atoms with Gasteiger partial charge >= 0.3 is 0 Å². The molecule has 0 saturated heterocycles. The fourth-order valence-electron chi connectivity index (χ4n) is 4.57. The number of hydrogen-bond donors (Lipinski definition) is 2. The Kier molecular flexibility index (Phi) is 6.87. The van der Waals surface area contributed by atoms with Gasteiger partial charge in [-0.25, -0.2) is 0 Å². The summed E-state index contributed by atoms with van der Waals surface area (Å²) < 4.78 is 5.84. The number of aromatic nitrogens is 1. The zero-order valence-corrected chi connectivity index (χ0v) is 19.3. The third kappa shape index (κ3) is 4.75. The summed E-state index contributed by atoms with van der Waals surface area (Å²) in [5.41, 5.74) is 4.96. The zero-order chi connectivity index (χ0) is 22.0. The molecule has 0 saturated carbocycles. The molecule has 1 aliphatic heterocycles. The van der Waals surface area contributed by atoms with Gasteiger partial charge in [-0.15, -0.1) is 0 Å². The fourth-order valence-corrected chi connectivity index (χ4v) is 4.75. The number of halogens is 1. The average Bonchev–Trinajstić information content (AvgIpc) is 3.14. The normalized spacial score (nSPS) is 17.8. The molecule has 6 heteroatoms. The minimum absolute atomic E-state index is 0.164. The molecule has 0 spiro atoms. The molecule has 2 unspecified atom stereocenters. The second-order valence-corrected chi connectivity index (χ2v) is 8.80. The molecule has 0 fully saturated rings. The second kappa shape index (κ2) is 9.61. The number of aliphatic hydroxyl groups is 1. The summed E-state index contributed by atoms with van der Waals surface area (Å²) in [6.45, 7) is 7.98. The van der Waals surface area contributed by atoms with E-state index < -0.39 is 6.10 Å². The Morgan fingerprint density at radius 3 is 2.65 bits per heavy atom. The fraction of sp³-hybridized carbons (Fsp3) is 0.440. The minimum Gasteiger partial charge on any atom is -0.491 e. The van der Waals surface area contributed by atoms with Crippen molar-refractivity contribution in [3.63, 3.8) is 0 Å². The van der Waals surface area contributed by atoms with Crippen molar-refractivity contribution in [2.24, 2.45) is 0 Å². The highest BCUT2D eigenvalue weighted by molar-refractivity contribution is 6.31. The van der Waals surface area contributed by atoms with Crippen LogP contribution in [0.2, 0.25) is 5.02 Å². The van der Waals surface area contributed by atoms with E-state index in [1.807, 2.05) is 18.2 Å². The first-order valence-corrected chi connectivity index (χ1v) is 11.5. The van der Waals surface area contributed by atoms with Gasteiger partial charge in [0, 0.05) is 34.7 Å². The largest absolute Gasteiger partial charge is 0.491 e. The van der Waals surface area contributed by atoms with Gasteiger partial charge in [0.1, 0.15) is 18.5 Å². The van der Waals surface area contributed by atoms with Crippen LogP contribution in [0.4, 0.5) is 0 Å². The predicted molar refractivity (Wildman–Crippen MR) is 127 cm³/mol. The summed E-state index contributed by atoms with van der Waals surface area (Å²) in [5, 5.41) is 12.2. The van der Waals surface area contributed by atoms with Crippen molar-refractivity contribution in [3.05, 3.63) is 64.3 Å². The molecule has 0 aliphatic carbocycles. The highest BCUT2D eigenvalue weighted by atomic mass is 35.5. The monoisotopic (exact) mass is 441 g/mol. The third-order valence-electron chi connectivity index (χ3n) is 6.33. The molecule has 31 heavy (non-hydrogen) atoms. The van der Waals surface area contributed by atoms with E-state index in [0.717, 1.165) is 42.3 Å². The van der Waals surface area contributed by atoms with Crippen LogP contribution in [0.15, 0.2) is 42.5 Å². The van der Waals surface area contributed by atoms with Crippen LogP contribution >= 0.6 is 11.6 Å². The molecule has 2 atom stereocenters. The van der Waals surface area contributed by atoms with Crippen LogP contribution in [0.25, 0.3) is 10.9 Å². The maximum atomic E-state index is 10.2. The SMILES string of the molecule is CCN(CC)CC(O)COc1ccc(C2c3[nH]c4ccc(Cl)cc4c3CCN2C)cc1. The number of nitrogens with one attached hydrogen (secondary N) is 1. The van der Waals surface area contributed by atoms with E-state index in [9.17, 15) is 5.11 Å². The Morgan fingerprint density at radius 2 is 1.94 bits per heavy atom. The van der Waals surface area contributed by atoms with Crippen molar-refractivity contribution >= 4 is 22.5 Å². The number of fused-ring (bicyclic) bond motifs is 3. The molecular formula is C25H32ClN3O2. The third-order valence-corrected chi connectivity index (χ3v) is 6.57. The number of hydrogen-bond acceptors (Lipinski definition) is 4. The zero-order valence-electron chi connectivity index (χ0n) is 18.6. The van der Waals surface area contributed by atoms with Crippen molar-refractivity contribution in [1.29, 1.82) is 0 Å². The first kappa shape index (κ1) is 22.2. The number of benzene rings is 2. The lowest BCUT2D eigenvalue weighted by atomic mass is 9.93. The Bertz CT molecular complexity index is 1010. The van der Waals surface area contributed by atoms with Gasteiger partial charge in [0.25, 0.3) is 0 Å².